The lowest BCUT2D eigenvalue weighted by Gasteiger charge is -2.10. The van der Waals surface area contributed by atoms with E-state index in [0.29, 0.717) is 5.92 Å². The smallest absolute Gasteiger partial charge is 0.220 e. The van der Waals surface area contributed by atoms with E-state index in [9.17, 15) is 4.79 Å². The van der Waals surface area contributed by atoms with Gasteiger partial charge in [0.1, 0.15) is 0 Å². The van der Waals surface area contributed by atoms with Gasteiger partial charge in [-0.2, -0.15) is 0 Å². The molecule has 0 aliphatic heterocycles. The van der Waals surface area contributed by atoms with Crippen molar-refractivity contribution in [2.45, 2.75) is 45.1 Å². The maximum atomic E-state index is 11.7. The van der Waals surface area contributed by atoms with Crippen LogP contribution < -0.4 is 10.6 Å². The van der Waals surface area contributed by atoms with Crippen LogP contribution in [0, 0.1) is 5.92 Å². The van der Waals surface area contributed by atoms with Gasteiger partial charge in [-0.05, 0) is 43.4 Å². The molecule has 2 N–H and O–H groups in total. The van der Waals surface area contributed by atoms with Crippen LogP contribution >= 0.6 is 0 Å². The molecule has 0 saturated heterocycles. The van der Waals surface area contributed by atoms with Gasteiger partial charge in [-0.15, -0.1) is 0 Å². The monoisotopic (exact) mass is 275 g/mol. The van der Waals surface area contributed by atoms with Crippen molar-refractivity contribution in [1.29, 1.82) is 0 Å². The zero-order valence-corrected chi connectivity index (χ0v) is 12.1. The summed E-state index contributed by atoms with van der Waals surface area (Å²) < 4.78 is 0. The minimum atomic E-state index is 0.226. The molecule has 0 aromatic carbocycles. The predicted molar refractivity (Wildman–Crippen MR) is 80.1 cm³/mol. The summed E-state index contributed by atoms with van der Waals surface area (Å²) in [6.07, 6.45) is 10.4. The second-order valence-electron chi connectivity index (χ2n) is 5.60. The van der Waals surface area contributed by atoms with E-state index in [0.717, 1.165) is 32.5 Å². The van der Waals surface area contributed by atoms with E-state index in [4.69, 9.17) is 0 Å². The van der Waals surface area contributed by atoms with Gasteiger partial charge < -0.3 is 10.6 Å². The predicted octanol–water partition coefficient (Wildman–Crippen LogP) is 2.26. The van der Waals surface area contributed by atoms with Crippen LogP contribution in [0.5, 0.6) is 0 Å². The molecule has 1 aliphatic carbocycles. The number of nitrogens with one attached hydrogen (secondary N) is 2. The number of rotatable bonds is 8. The Morgan fingerprint density at radius 1 is 1.30 bits per heavy atom. The lowest BCUT2D eigenvalue weighted by Crippen LogP contribution is -2.28. The first-order valence-electron chi connectivity index (χ1n) is 7.71. The van der Waals surface area contributed by atoms with Crippen molar-refractivity contribution in [3.8, 4) is 0 Å². The number of aromatic nitrogens is 1. The first-order valence-corrected chi connectivity index (χ1v) is 7.71. The molecule has 0 bridgehead atoms. The highest BCUT2D eigenvalue weighted by Crippen LogP contribution is 2.27. The fraction of sp³-hybridized carbons (Fsp3) is 0.625. The molecular weight excluding hydrogens is 250 g/mol. The number of hydrogen-bond donors (Lipinski definition) is 2. The van der Waals surface area contributed by atoms with Gasteiger partial charge in [0.2, 0.25) is 5.91 Å². The van der Waals surface area contributed by atoms with Crippen LogP contribution in [0.4, 0.5) is 0 Å². The van der Waals surface area contributed by atoms with Gasteiger partial charge in [-0.1, -0.05) is 18.9 Å². The third kappa shape index (κ3) is 5.70. The molecule has 0 atom stereocenters. The number of carbonyl (C=O) groups excluding carboxylic acids is 1. The molecule has 1 aliphatic rings. The van der Waals surface area contributed by atoms with Crippen LogP contribution in [-0.4, -0.2) is 24.0 Å². The number of pyridine rings is 1. The topological polar surface area (TPSA) is 54.0 Å². The van der Waals surface area contributed by atoms with E-state index in [2.05, 4.69) is 21.7 Å². The lowest BCUT2D eigenvalue weighted by atomic mass is 10.0. The van der Waals surface area contributed by atoms with Gasteiger partial charge in [0.25, 0.3) is 0 Å². The third-order valence-corrected chi connectivity index (χ3v) is 3.85. The van der Waals surface area contributed by atoms with Gasteiger partial charge in [-0.25, -0.2) is 0 Å². The molecule has 1 amide bonds. The molecule has 110 valence electrons. The molecule has 2 rings (SSSR count). The van der Waals surface area contributed by atoms with Crippen LogP contribution in [0.1, 0.15) is 44.1 Å². The summed E-state index contributed by atoms with van der Waals surface area (Å²) in [6, 6.07) is 4.00. The molecule has 0 spiro atoms. The summed E-state index contributed by atoms with van der Waals surface area (Å²) in [6.45, 7) is 2.52. The van der Waals surface area contributed by atoms with Gasteiger partial charge in [0, 0.05) is 31.9 Å². The average Bonchev–Trinajstić information content (AvgIpc) is 2.96. The average molecular weight is 275 g/mol. The second kappa shape index (κ2) is 8.69. The van der Waals surface area contributed by atoms with Crippen LogP contribution in [-0.2, 0) is 11.3 Å². The first-order chi connectivity index (χ1) is 9.84. The highest BCUT2D eigenvalue weighted by Gasteiger charge is 2.17. The van der Waals surface area contributed by atoms with Crippen molar-refractivity contribution in [1.82, 2.24) is 15.6 Å². The third-order valence-electron chi connectivity index (χ3n) is 3.85. The summed E-state index contributed by atoms with van der Waals surface area (Å²) in [4.78, 5) is 15.8. The maximum absolute atomic E-state index is 11.7. The Kier molecular flexibility index (Phi) is 6.51. The number of nitrogens with zero attached hydrogens (tertiary/aromatic N) is 1. The van der Waals surface area contributed by atoms with Crippen molar-refractivity contribution in [3.05, 3.63) is 30.1 Å². The molecule has 4 heteroatoms. The van der Waals surface area contributed by atoms with E-state index in [-0.39, 0.29) is 5.91 Å². The summed E-state index contributed by atoms with van der Waals surface area (Å²) in [7, 11) is 0. The van der Waals surface area contributed by atoms with E-state index in [1.807, 2.05) is 12.3 Å². The first kappa shape index (κ1) is 15.0. The quantitative estimate of drug-likeness (QED) is 0.716. The molecule has 1 aromatic heterocycles. The Hall–Kier alpha value is -1.42. The van der Waals surface area contributed by atoms with E-state index < -0.39 is 0 Å². The minimum absolute atomic E-state index is 0.226. The van der Waals surface area contributed by atoms with Crippen molar-refractivity contribution >= 4 is 5.91 Å². The molecule has 0 unspecified atom stereocenters. The Morgan fingerprint density at radius 2 is 2.15 bits per heavy atom. The van der Waals surface area contributed by atoms with Crippen molar-refractivity contribution < 1.29 is 4.79 Å². The SMILES string of the molecule is O=C(CC1CCCC1)NCCCNCc1cccnc1. The maximum Gasteiger partial charge on any atom is 0.220 e. The molecule has 1 saturated carbocycles. The molecule has 0 radical (unpaired) electrons. The number of carbonyl (C=O) groups is 1. The summed E-state index contributed by atoms with van der Waals surface area (Å²) in [5.74, 6) is 0.864. The Labute approximate surface area is 121 Å². The zero-order chi connectivity index (χ0) is 14.0. The van der Waals surface area contributed by atoms with E-state index >= 15 is 0 Å². The van der Waals surface area contributed by atoms with Crippen molar-refractivity contribution in [2.75, 3.05) is 13.1 Å². The van der Waals surface area contributed by atoms with Crippen molar-refractivity contribution in [3.63, 3.8) is 0 Å². The molecule has 1 aromatic rings. The Bertz CT molecular complexity index is 388. The van der Waals surface area contributed by atoms with Gasteiger partial charge in [0.05, 0.1) is 0 Å². The summed E-state index contributed by atoms with van der Waals surface area (Å²) in [5, 5.41) is 6.37. The zero-order valence-electron chi connectivity index (χ0n) is 12.1. The normalized spacial score (nSPS) is 15.4. The van der Waals surface area contributed by atoms with Gasteiger partial charge in [0.15, 0.2) is 0 Å². The highest BCUT2D eigenvalue weighted by atomic mass is 16.1. The Morgan fingerprint density at radius 3 is 2.90 bits per heavy atom. The lowest BCUT2D eigenvalue weighted by molar-refractivity contribution is -0.121. The molecular formula is C16H25N3O. The molecule has 20 heavy (non-hydrogen) atoms. The fourth-order valence-electron chi connectivity index (χ4n) is 2.73. The van der Waals surface area contributed by atoms with Crippen LogP contribution in [0.3, 0.4) is 0 Å². The van der Waals surface area contributed by atoms with Gasteiger partial charge >= 0.3 is 0 Å². The number of hydrogen-bond acceptors (Lipinski definition) is 3. The standard InChI is InChI=1S/C16H25N3O/c20-16(11-14-5-1-2-6-14)19-10-4-9-18-13-15-7-3-8-17-12-15/h3,7-8,12,14,18H,1-2,4-6,9-11,13H2,(H,19,20). The minimum Gasteiger partial charge on any atom is -0.356 e. The fourth-order valence-corrected chi connectivity index (χ4v) is 2.73. The Balaban J connectivity index is 1.46. The molecule has 1 fully saturated rings. The van der Waals surface area contributed by atoms with E-state index in [1.165, 1.54) is 31.2 Å². The highest BCUT2D eigenvalue weighted by molar-refractivity contribution is 5.76. The molecule has 4 nitrogen and oxygen atoms in total. The van der Waals surface area contributed by atoms with Crippen LogP contribution in [0.25, 0.3) is 0 Å². The largest absolute Gasteiger partial charge is 0.356 e. The summed E-state index contributed by atoms with van der Waals surface area (Å²) in [5.41, 5.74) is 1.19. The van der Waals surface area contributed by atoms with E-state index in [1.54, 1.807) is 6.20 Å². The second-order valence-corrected chi connectivity index (χ2v) is 5.60. The van der Waals surface area contributed by atoms with Crippen LogP contribution in [0.2, 0.25) is 0 Å². The number of amides is 1. The van der Waals surface area contributed by atoms with Crippen molar-refractivity contribution in [2.24, 2.45) is 5.92 Å². The summed E-state index contributed by atoms with van der Waals surface area (Å²) >= 11 is 0. The van der Waals surface area contributed by atoms with Gasteiger partial charge in [-0.3, -0.25) is 9.78 Å². The molecule has 1 heterocycles. The van der Waals surface area contributed by atoms with Crippen LogP contribution in [0.15, 0.2) is 24.5 Å².